The van der Waals surface area contributed by atoms with E-state index in [9.17, 15) is 9.90 Å². The third-order valence-electron chi connectivity index (χ3n) is 3.14. The normalized spacial score (nSPS) is 15.2. The molecule has 1 aromatic rings. The number of hydrogen-bond donors (Lipinski definition) is 3. The fourth-order valence-electron chi connectivity index (χ4n) is 2.16. The molecule has 5 heteroatoms. The zero-order chi connectivity index (χ0) is 13.1. The fraction of sp³-hybridized carbons (Fsp3) is 0.462. The molecule has 1 aromatic carbocycles. The molecular weight excluding hydrogens is 230 g/mol. The standard InChI is InChI=1S/C13H19N3O2/c1-16(8-11(17)4-5-14)10-2-3-12-9(6-10)7-13(18)15-12/h2-3,6,11,17H,4-5,7-8,14H2,1H3,(H,15,18). The van der Waals surface area contributed by atoms with Gasteiger partial charge in [-0.05, 0) is 36.7 Å². The maximum absolute atomic E-state index is 11.3. The summed E-state index contributed by atoms with van der Waals surface area (Å²) in [5.74, 6) is 0.0352. The molecule has 0 bridgehead atoms. The highest BCUT2D eigenvalue weighted by atomic mass is 16.3. The lowest BCUT2D eigenvalue weighted by Gasteiger charge is -2.23. The van der Waals surface area contributed by atoms with Crippen LogP contribution in [0.5, 0.6) is 0 Å². The van der Waals surface area contributed by atoms with E-state index in [0.29, 0.717) is 25.9 Å². The largest absolute Gasteiger partial charge is 0.391 e. The summed E-state index contributed by atoms with van der Waals surface area (Å²) >= 11 is 0. The Morgan fingerprint density at radius 2 is 2.33 bits per heavy atom. The van der Waals surface area contributed by atoms with Crippen LogP contribution in [0.25, 0.3) is 0 Å². The number of hydrogen-bond acceptors (Lipinski definition) is 4. The molecule has 0 saturated carbocycles. The van der Waals surface area contributed by atoms with Crippen molar-refractivity contribution in [3.63, 3.8) is 0 Å². The number of benzene rings is 1. The Bertz CT molecular complexity index is 448. The minimum Gasteiger partial charge on any atom is -0.391 e. The number of nitrogens with one attached hydrogen (secondary N) is 1. The zero-order valence-corrected chi connectivity index (χ0v) is 10.5. The van der Waals surface area contributed by atoms with Crippen LogP contribution in [0.3, 0.4) is 0 Å². The summed E-state index contributed by atoms with van der Waals surface area (Å²) in [7, 11) is 1.92. The number of carbonyl (C=O) groups is 1. The Hall–Kier alpha value is -1.59. The van der Waals surface area contributed by atoms with E-state index in [1.54, 1.807) is 0 Å². The van der Waals surface area contributed by atoms with Crippen LogP contribution in [0, 0.1) is 0 Å². The third-order valence-corrected chi connectivity index (χ3v) is 3.14. The van der Waals surface area contributed by atoms with Gasteiger partial charge < -0.3 is 21.1 Å². The molecule has 2 rings (SSSR count). The number of anilines is 2. The second-order valence-corrected chi connectivity index (χ2v) is 4.68. The van der Waals surface area contributed by atoms with Gasteiger partial charge in [0.1, 0.15) is 0 Å². The molecule has 1 aliphatic rings. The van der Waals surface area contributed by atoms with E-state index in [2.05, 4.69) is 5.32 Å². The predicted molar refractivity (Wildman–Crippen MR) is 71.7 cm³/mol. The average molecular weight is 249 g/mol. The first-order valence-electron chi connectivity index (χ1n) is 6.12. The number of aliphatic hydroxyl groups is 1. The highest BCUT2D eigenvalue weighted by molar-refractivity contribution is 5.99. The van der Waals surface area contributed by atoms with Gasteiger partial charge in [-0.3, -0.25) is 4.79 Å². The first kappa shape index (κ1) is 12.9. The lowest BCUT2D eigenvalue weighted by molar-refractivity contribution is -0.115. The quantitative estimate of drug-likeness (QED) is 0.702. The van der Waals surface area contributed by atoms with Gasteiger partial charge in [-0.25, -0.2) is 0 Å². The van der Waals surface area contributed by atoms with Crippen LogP contribution in [0.15, 0.2) is 18.2 Å². The number of nitrogens with zero attached hydrogens (tertiary/aromatic N) is 1. The van der Waals surface area contributed by atoms with Crippen molar-refractivity contribution >= 4 is 17.3 Å². The first-order chi connectivity index (χ1) is 8.60. The maximum atomic E-state index is 11.3. The Balaban J connectivity index is 2.05. The van der Waals surface area contributed by atoms with Crippen LogP contribution < -0.4 is 16.0 Å². The lowest BCUT2D eigenvalue weighted by atomic mass is 10.1. The lowest BCUT2D eigenvalue weighted by Crippen LogP contribution is -2.30. The molecule has 0 aromatic heterocycles. The number of fused-ring (bicyclic) bond motifs is 1. The Labute approximate surface area is 107 Å². The molecular formula is C13H19N3O2. The van der Waals surface area contributed by atoms with Crippen molar-refractivity contribution in [1.29, 1.82) is 0 Å². The average Bonchev–Trinajstić information content (AvgIpc) is 2.68. The number of aliphatic hydroxyl groups excluding tert-OH is 1. The topological polar surface area (TPSA) is 78.6 Å². The van der Waals surface area contributed by atoms with Crippen LogP contribution in [0.1, 0.15) is 12.0 Å². The van der Waals surface area contributed by atoms with Crippen molar-refractivity contribution in [3.8, 4) is 0 Å². The van der Waals surface area contributed by atoms with Crippen molar-refractivity contribution in [2.24, 2.45) is 5.73 Å². The summed E-state index contributed by atoms with van der Waals surface area (Å²) in [6, 6.07) is 5.84. The van der Waals surface area contributed by atoms with Gasteiger partial charge in [0.15, 0.2) is 0 Å². The van der Waals surface area contributed by atoms with Crippen molar-refractivity contribution in [3.05, 3.63) is 23.8 Å². The summed E-state index contributed by atoms with van der Waals surface area (Å²) in [6.45, 7) is 1.02. The van der Waals surface area contributed by atoms with Crippen LogP contribution in [0.2, 0.25) is 0 Å². The van der Waals surface area contributed by atoms with E-state index in [-0.39, 0.29) is 5.91 Å². The second kappa shape index (κ2) is 5.37. The minimum absolute atomic E-state index is 0.0352. The van der Waals surface area contributed by atoms with E-state index in [1.165, 1.54) is 0 Å². The number of likely N-dealkylation sites (N-methyl/N-ethyl adjacent to an activating group) is 1. The van der Waals surface area contributed by atoms with Gasteiger partial charge in [-0.2, -0.15) is 0 Å². The Morgan fingerprint density at radius 1 is 1.56 bits per heavy atom. The van der Waals surface area contributed by atoms with E-state index >= 15 is 0 Å². The van der Waals surface area contributed by atoms with E-state index in [1.807, 2.05) is 30.1 Å². The van der Waals surface area contributed by atoms with Gasteiger partial charge in [-0.15, -0.1) is 0 Å². The van der Waals surface area contributed by atoms with E-state index < -0.39 is 6.10 Å². The van der Waals surface area contributed by atoms with Crippen molar-refractivity contribution < 1.29 is 9.90 Å². The van der Waals surface area contributed by atoms with Crippen molar-refractivity contribution in [1.82, 2.24) is 0 Å². The molecule has 5 nitrogen and oxygen atoms in total. The molecule has 1 atom stereocenters. The van der Waals surface area contributed by atoms with Crippen LogP contribution >= 0.6 is 0 Å². The SMILES string of the molecule is CN(CC(O)CCN)c1ccc2c(c1)CC(=O)N2. The molecule has 4 N–H and O–H groups in total. The van der Waals surface area contributed by atoms with Gasteiger partial charge in [0.25, 0.3) is 0 Å². The molecule has 0 saturated heterocycles. The third kappa shape index (κ3) is 2.80. The molecule has 0 radical (unpaired) electrons. The molecule has 1 aliphatic heterocycles. The molecule has 0 aliphatic carbocycles. The molecule has 98 valence electrons. The molecule has 0 fully saturated rings. The van der Waals surface area contributed by atoms with Crippen LogP contribution in [0.4, 0.5) is 11.4 Å². The predicted octanol–water partition coefficient (Wildman–Crippen LogP) is 0.327. The number of amides is 1. The molecule has 1 heterocycles. The minimum atomic E-state index is -0.423. The van der Waals surface area contributed by atoms with Crippen LogP contribution in [-0.4, -0.2) is 37.3 Å². The van der Waals surface area contributed by atoms with Gasteiger partial charge in [0.2, 0.25) is 5.91 Å². The van der Waals surface area contributed by atoms with Gasteiger partial charge in [-0.1, -0.05) is 0 Å². The highest BCUT2D eigenvalue weighted by Gasteiger charge is 2.18. The van der Waals surface area contributed by atoms with Crippen molar-refractivity contribution in [2.75, 3.05) is 30.4 Å². The van der Waals surface area contributed by atoms with Gasteiger partial charge >= 0.3 is 0 Å². The number of carbonyl (C=O) groups excluding carboxylic acids is 1. The summed E-state index contributed by atoms with van der Waals surface area (Å²) in [6.07, 6.45) is 0.602. The van der Waals surface area contributed by atoms with E-state index in [4.69, 9.17) is 5.73 Å². The molecule has 18 heavy (non-hydrogen) atoms. The number of nitrogens with two attached hydrogens (primary N) is 1. The molecule has 1 unspecified atom stereocenters. The molecule has 0 spiro atoms. The zero-order valence-electron chi connectivity index (χ0n) is 10.5. The highest BCUT2D eigenvalue weighted by Crippen LogP contribution is 2.27. The maximum Gasteiger partial charge on any atom is 0.228 e. The Morgan fingerprint density at radius 3 is 3.06 bits per heavy atom. The smallest absolute Gasteiger partial charge is 0.228 e. The fourth-order valence-corrected chi connectivity index (χ4v) is 2.16. The first-order valence-corrected chi connectivity index (χ1v) is 6.12. The van der Waals surface area contributed by atoms with E-state index in [0.717, 1.165) is 16.9 Å². The number of rotatable bonds is 5. The second-order valence-electron chi connectivity index (χ2n) is 4.68. The summed E-state index contributed by atoms with van der Waals surface area (Å²) in [5, 5.41) is 12.5. The summed E-state index contributed by atoms with van der Waals surface area (Å²) in [5.41, 5.74) is 8.31. The summed E-state index contributed by atoms with van der Waals surface area (Å²) < 4.78 is 0. The van der Waals surface area contributed by atoms with Gasteiger partial charge in [0, 0.05) is 25.0 Å². The van der Waals surface area contributed by atoms with Crippen molar-refractivity contribution in [2.45, 2.75) is 18.9 Å². The van der Waals surface area contributed by atoms with Gasteiger partial charge in [0.05, 0.1) is 12.5 Å². The summed E-state index contributed by atoms with van der Waals surface area (Å²) in [4.78, 5) is 13.2. The monoisotopic (exact) mass is 249 g/mol. The van der Waals surface area contributed by atoms with Crippen LogP contribution in [-0.2, 0) is 11.2 Å². The molecule has 1 amide bonds. The Kier molecular flexibility index (Phi) is 3.84.